The van der Waals surface area contributed by atoms with E-state index in [2.05, 4.69) is 10.3 Å². The maximum absolute atomic E-state index is 12.6. The highest BCUT2D eigenvalue weighted by Crippen LogP contribution is 2.45. The summed E-state index contributed by atoms with van der Waals surface area (Å²) in [5.41, 5.74) is 11.2. The zero-order valence-electron chi connectivity index (χ0n) is 19.4. The van der Waals surface area contributed by atoms with Crippen molar-refractivity contribution in [2.75, 3.05) is 23.0 Å². The number of hydrogen-bond donors (Lipinski definition) is 3. The van der Waals surface area contributed by atoms with Crippen LogP contribution in [0.15, 0.2) is 41.5 Å². The maximum Gasteiger partial charge on any atom is 0.251 e. The summed E-state index contributed by atoms with van der Waals surface area (Å²) in [7, 11) is -3.62. The van der Waals surface area contributed by atoms with Crippen LogP contribution in [-0.4, -0.2) is 38.4 Å². The number of carbonyl (C=O) groups is 1. The Bertz CT molecular complexity index is 1290. The van der Waals surface area contributed by atoms with Crippen molar-refractivity contribution >= 4 is 44.6 Å². The number of sulfonamides is 1. The van der Waals surface area contributed by atoms with Gasteiger partial charge < -0.3 is 11.1 Å². The van der Waals surface area contributed by atoms with Gasteiger partial charge in [0.05, 0.1) is 33.9 Å². The van der Waals surface area contributed by atoms with Crippen LogP contribution < -0.4 is 21.2 Å². The number of amides is 1. The van der Waals surface area contributed by atoms with Gasteiger partial charge in [-0.2, -0.15) is 5.10 Å². The summed E-state index contributed by atoms with van der Waals surface area (Å²) in [6.07, 6.45) is 6.72. The highest BCUT2D eigenvalue weighted by Gasteiger charge is 2.45. The van der Waals surface area contributed by atoms with Crippen LogP contribution in [0, 0.1) is 11.8 Å². The van der Waals surface area contributed by atoms with E-state index in [-0.39, 0.29) is 24.2 Å². The molecule has 10 heteroatoms. The van der Waals surface area contributed by atoms with Crippen LogP contribution in [0.4, 0.5) is 11.4 Å². The Labute approximate surface area is 210 Å². The van der Waals surface area contributed by atoms with Crippen molar-refractivity contribution < 1.29 is 13.2 Å². The number of hydrogen-bond acceptors (Lipinski definition) is 6. The normalized spacial score (nSPS) is 22.0. The first kappa shape index (κ1) is 24.1. The van der Waals surface area contributed by atoms with Crippen molar-refractivity contribution in [3.05, 3.63) is 58.1 Å². The van der Waals surface area contributed by atoms with E-state index < -0.39 is 10.0 Å². The van der Waals surface area contributed by atoms with Gasteiger partial charge in [-0.25, -0.2) is 13.6 Å². The third-order valence-electron chi connectivity index (χ3n) is 7.43. The molecule has 1 aliphatic heterocycles. The molecule has 8 nitrogen and oxygen atoms in total. The summed E-state index contributed by atoms with van der Waals surface area (Å²) in [4.78, 5) is 12.6. The third kappa shape index (κ3) is 4.90. The molecule has 0 saturated heterocycles. The molecule has 2 atom stereocenters. The molecule has 5 rings (SSSR count). The first-order valence-electron chi connectivity index (χ1n) is 12.1. The quantitative estimate of drug-likeness (QED) is 0.508. The van der Waals surface area contributed by atoms with Crippen LogP contribution in [-0.2, 0) is 16.4 Å². The number of nitrogens with zero attached hydrogens (tertiary/aromatic N) is 2. The molecule has 3 aliphatic rings. The van der Waals surface area contributed by atoms with Crippen LogP contribution in [0.1, 0.15) is 53.6 Å². The molecule has 0 aromatic heterocycles. The molecule has 1 amide bonds. The van der Waals surface area contributed by atoms with Crippen LogP contribution in [0.25, 0.3) is 0 Å². The van der Waals surface area contributed by atoms with Gasteiger partial charge in [0.25, 0.3) is 5.91 Å². The molecule has 35 heavy (non-hydrogen) atoms. The second kappa shape index (κ2) is 9.44. The molecule has 2 aliphatic carbocycles. The summed E-state index contributed by atoms with van der Waals surface area (Å²) >= 11 is 6.36. The van der Waals surface area contributed by atoms with E-state index in [0.717, 1.165) is 35.4 Å². The van der Waals surface area contributed by atoms with E-state index in [1.807, 2.05) is 30.3 Å². The molecule has 0 radical (unpaired) electrons. The van der Waals surface area contributed by atoms with Gasteiger partial charge in [-0.1, -0.05) is 30.5 Å². The van der Waals surface area contributed by atoms with Gasteiger partial charge in [-0.05, 0) is 67.5 Å². The smallest absolute Gasteiger partial charge is 0.251 e. The van der Waals surface area contributed by atoms with Gasteiger partial charge in [0.15, 0.2) is 0 Å². The highest BCUT2D eigenvalue weighted by molar-refractivity contribution is 7.89. The fraction of sp³-hybridized carbons (Fsp3) is 0.440. The third-order valence-corrected chi connectivity index (χ3v) is 8.53. The average molecular weight is 516 g/mol. The molecule has 186 valence electrons. The number of nitrogen functional groups attached to an aromatic ring is 1. The lowest BCUT2D eigenvalue weighted by molar-refractivity contribution is 0.0956. The molecule has 1 heterocycles. The number of aryl methyl sites for hydroxylation is 1. The van der Waals surface area contributed by atoms with Crippen LogP contribution in [0.5, 0.6) is 0 Å². The molecular weight excluding hydrogens is 486 g/mol. The number of benzene rings is 2. The molecule has 2 aromatic carbocycles. The van der Waals surface area contributed by atoms with E-state index in [0.29, 0.717) is 28.1 Å². The van der Waals surface area contributed by atoms with E-state index >= 15 is 0 Å². The summed E-state index contributed by atoms with van der Waals surface area (Å²) < 4.78 is 22.3. The van der Waals surface area contributed by atoms with Crippen molar-refractivity contribution in [1.29, 1.82) is 0 Å². The minimum absolute atomic E-state index is 0.0221. The Balaban J connectivity index is 1.44. The van der Waals surface area contributed by atoms with Gasteiger partial charge in [0.1, 0.15) is 0 Å². The number of primary sulfonamides is 1. The lowest BCUT2D eigenvalue weighted by Crippen LogP contribution is -2.40. The summed E-state index contributed by atoms with van der Waals surface area (Å²) in [6.45, 7) is -0.0221. The first-order chi connectivity index (χ1) is 16.7. The minimum atomic E-state index is -3.62. The molecule has 1 saturated carbocycles. The van der Waals surface area contributed by atoms with Crippen molar-refractivity contribution in [2.45, 2.75) is 44.6 Å². The molecule has 1 fully saturated rings. The standard InChI is InChI=1S/C25H30ClN5O3S/c26-21-14-18(7-10-22(21)27)31-24(15-3-1-2-4-15)20-9-5-16-13-17(6-8-19(16)23(20)30-31)25(32)29-11-12-35(28,33)34/h6-8,10,13-15,20,24H,1-5,9,11-12,27H2,(H,29,32)(H2,28,33,34)/t20-,24-/m0/s1. The number of nitrogens with two attached hydrogens (primary N) is 2. The van der Waals surface area contributed by atoms with Gasteiger partial charge in [-0.3, -0.25) is 9.80 Å². The summed E-state index contributed by atoms with van der Waals surface area (Å²) in [5, 5.41) is 15.5. The van der Waals surface area contributed by atoms with Gasteiger partial charge in [0.2, 0.25) is 10.0 Å². The zero-order chi connectivity index (χ0) is 24.7. The molecule has 5 N–H and O–H groups in total. The predicted octanol–water partition coefficient (Wildman–Crippen LogP) is 3.29. The van der Waals surface area contributed by atoms with Gasteiger partial charge in [-0.15, -0.1) is 0 Å². The van der Waals surface area contributed by atoms with E-state index in [1.54, 1.807) is 6.07 Å². The Hall–Kier alpha value is -2.62. The van der Waals surface area contributed by atoms with E-state index in [4.69, 9.17) is 27.6 Å². The predicted molar refractivity (Wildman–Crippen MR) is 139 cm³/mol. The zero-order valence-corrected chi connectivity index (χ0v) is 21.0. The molecule has 2 aromatic rings. The fourth-order valence-corrected chi connectivity index (χ4v) is 6.34. The van der Waals surface area contributed by atoms with Crippen LogP contribution in [0.2, 0.25) is 5.02 Å². The number of halogens is 1. The SMILES string of the molecule is Nc1ccc(N2N=C3c4ccc(C(=O)NCCS(N)(=O)=O)cc4CC[C@@H]3[C@@H]2C2CCCC2)cc1Cl. The fourth-order valence-electron chi connectivity index (χ4n) is 5.78. The first-order valence-corrected chi connectivity index (χ1v) is 14.2. The van der Waals surface area contributed by atoms with E-state index in [1.165, 1.54) is 25.7 Å². The number of nitrogens with one attached hydrogen (secondary N) is 1. The lowest BCUT2D eigenvalue weighted by atomic mass is 9.74. The Morgan fingerprint density at radius 3 is 2.63 bits per heavy atom. The number of rotatable bonds is 6. The van der Waals surface area contributed by atoms with Crippen LogP contribution in [0.3, 0.4) is 0 Å². The molecular formula is C25H30ClN5O3S. The average Bonchev–Trinajstić information content (AvgIpc) is 3.47. The number of fused-ring (bicyclic) bond motifs is 3. The van der Waals surface area contributed by atoms with Crippen molar-refractivity contribution in [3.8, 4) is 0 Å². The topological polar surface area (TPSA) is 131 Å². The summed E-state index contributed by atoms with van der Waals surface area (Å²) in [5.74, 6) is 0.281. The van der Waals surface area contributed by atoms with Gasteiger partial charge >= 0.3 is 0 Å². The van der Waals surface area contributed by atoms with Gasteiger partial charge in [0, 0.05) is 23.6 Å². The Kier molecular flexibility index (Phi) is 6.50. The summed E-state index contributed by atoms with van der Waals surface area (Å²) in [6, 6.07) is 11.6. The van der Waals surface area contributed by atoms with Crippen LogP contribution >= 0.6 is 11.6 Å². The van der Waals surface area contributed by atoms with Crippen molar-refractivity contribution in [2.24, 2.45) is 22.1 Å². The monoisotopic (exact) mass is 515 g/mol. The van der Waals surface area contributed by atoms with Crippen molar-refractivity contribution in [3.63, 3.8) is 0 Å². The van der Waals surface area contributed by atoms with Crippen molar-refractivity contribution in [1.82, 2.24) is 5.32 Å². The highest BCUT2D eigenvalue weighted by atomic mass is 35.5. The second-order valence-electron chi connectivity index (χ2n) is 9.71. The minimum Gasteiger partial charge on any atom is -0.398 e. The number of carbonyl (C=O) groups excluding carboxylic acids is 1. The lowest BCUT2D eigenvalue weighted by Gasteiger charge is -2.34. The Morgan fingerprint density at radius 1 is 1.14 bits per heavy atom. The molecule has 0 unspecified atom stereocenters. The largest absolute Gasteiger partial charge is 0.398 e. The Morgan fingerprint density at radius 2 is 1.91 bits per heavy atom. The number of hydrazone groups is 1. The van der Waals surface area contributed by atoms with E-state index in [9.17, 15) is 13.2 Å². The molecule has 0 spiro atoms. The number of anilines is 2. The maximum atomic E-state index is 12.6. The second-order valence-corrected chi connectivity index (χ2v) is 11.9. The molecule has 0 bridgehead atoms.